The summed E-state index contributed by atoms with van der Waals surface area (Å²) in [6, 6.07) is 11.5. The Morgan fingerprint density at radius 1 is 0.964 bits per heavy atom. The number of hydrogen-bond donors (Lipinski definition) is 1. The van der Waals surface area contributed by atoms with Crippen LogP contribution in [0.3, 0.4) is 0 Å². The molecule has 1 aromatic carbocycles. The first-order valence-corrected chi connectivity index (χ1v) is 10.3. The number of rotatable bonds is 6. The molecule has 1 saturated heterocycles. The fraction of sp³-hybridized carbons (Fsp3) is 0.391. The quantitative estimate of drug-likeness (QED) is 0.748. The van der Waals surface area contributed by atoms with Gasteiger partial charge in [-0.25, -0.2) is 4.98 Å². The van der Waals surface area contributed by atoms with E-state index in [4.69, 9.17) is 0 Å². The summed E-state index contributed by atoms with van der Waals surface area (Å²) in [6.07, 6.45) is 12.4. The molecule has 1 fully saturated rings. The molecule has 1 amide bonds. The monoisotopic (exact) mass is 376 g/mol. The molecule has 0 atom stereocenters. The van der Waals surface area contributed by atoms with Crippen molar-refractivity contribution in [1.29, 1.82) is 0 Å². The second kappa shape index (κ2) is 9.02. The topological polar surface area (TPSA) is 48.5 Å². The second-order valence-corrected chi connectivity index (χ2v) is 7.45. The van der Waals surface area contributed by atoms with Gasteiger partial charge < -0.3 is 15.1 Å². The highest BCUT2D eigenvalue weighted by Crippen LogP contribution is 2.35. The van der Waals surface area contributed by atoms with Crippen molar-refractivity contribution in [3.8, 4) is 0 Å². The summed E-state index contributed by atoms with van der Waals surface area (Å²) < 4.78 is 0. The van der Waals surface area contributed by atoms with E-state index in [-0.39, 0.29) is 5.91 Å². The van der Waals surface area contributed by atoms with E-state index in [2.05, 4.69) is 32.3 Å². The van der Waals surface area contributed by atoms with Gasteiger partial charge in [-0.3, -0.25) is 4.79 Å². The van der Waals surface area contributed by atoms with Crippen LogP contribution in [-0.2, 0) is 0 Å². The lowest BCUT2D eigenvalue weighted by molar-refractivity contribution is 0.102. The predicted molar refractivity (Wildman–Crippen MR) is 114 cm³/mol. The van der Waals surface area contributed by atoms with Crippen molar-refractivity contribution in [1.82, 2.24) is 9.88 Å². The van der Waals surface area contributed by atoms with Gasteiger partial charge in [0.05, 0.1) is 16.9 Å². The summed E-state index contributed by atoms with van der Waals surface area (Å²) in [4.78, 5) is 21.9. The number of hydrogen-bond acceptors (Lipinski definition) is 4. The van der Waals surface area contributed by atoms with Crippen molar-refractivity contribution >= 4 is 23.1 Å². The lowest BCUT2D eigenvalue weighted by Gasteiger charge is -2.25. The van der Waals surface area contributed by atoms with E-state index in [1.54, 1.807) is 6.20 Å². The minimum absolute atomic E-state index is 0.0792. The smallest absolute Gasteiger partial charge is 0.257 e. The van der Waals surface area contributed by atoms with E-state index < -0.39 is 0 Å². The van der Waals surface area contributed by atoms with Gasteiger partial charge in [0.2, 0.25) is 0 Å². The molecule has 1 aromatic heterocycles. The molecule has 28 heavy (non-hydrogen) atoms. The highest BCUT2D eigenvalue weighted by molar-refractivity contribution is 6.11. The van der Waals surface area contributed by atoms with E-state index in [0.717, 1.165) is 43.1 Å². The Balaban J connectivity index is 1.42. The molecule has 5 heteroatoms. The van der Waals surface area contributed by atoms with Crippen molar-refractivity contribution < 1.29 is 4.79 Å². The van der Waals surface area contributed by atoms with Crippen LogP contribution in [0.15, 0.2) is 54.7 Å². The van der Waals surface area contributed by atoms with Gasteiger partial charge in [-0.1, -0.05) is 30.7 Å². The molecule has 3 heterocycles. The summed E-state index contributed by atoms with van der Waals surface area (Å²) in [5.41, 5.74) is 2.37. The Labute approximate surface area is 167 Å². The van der Waals surface area contributed by atoms with Crippen LogP contribution in [-0.4, -0.2) is 42.0 Å². The predicted octanol–water partition coefficient (Wildman–Crippen LogP) is 4.61. The molecule has 2 aliphatic rings. The lowest BCUT2D eigenvalue weighted by Crippen LogP contribution is -2.30. The van der Waals surface area contributed by atoms with Gasteiger partial charge in [-0.15, -0.1) is 0 Å². The first-order valence-electron chi connectivity index (χ1n) is 10.3. The van der Waals surface area contributed by atoms with Crippen LogP contribution in [0.1, 0.15) is 42.5 Å². The zero-order valence-corrected chi connectivity index (χ0v) is 16.3. The molecule has 0 aliphatic carbocycles. The molecule has 0 unspecified atom stereocenters. The van der Waals surface area contributed by atoms with E-state index in [9.17, 15) is 4.79 Å². The van der Waals surface area contributed by atoms with Crippen LogP contribution in [0.4, 0.5) is 17.2 Å². The number of nitrogens with one attached hydrogen (secondary N) is 1. The number of anilines is 3. The molecule has 2 aromatic rings. The molecule has 0 spiro atoms. The summed E-state index contributed by atoms with van der Waals surface area (Å²) in [5, 5.41) is 2.99. The van der Waals surface area contributed by atoms with Gasteiger partial charge in [0.25, 0.3) is 5.91 Å². The van der Waals surface area contributed by atoms with Crippen LogP contribution in [0.25, 0.3) is 0 Å². The molecule has 0 radical (unpaired) electrons. The maximum Gasteiger partial charge on any atom is 0.257 e. The van der Waals surface area contributed by atoms with Gasteiger partial charge in [-0.05, 0) is 63.0 Å². The zero-order valence-electron chi connectivity index (χ0n) is 16.3. The van der Waals surface area contributed by atoms with Crippen LogP contribution in [0, 0.1) is 0 Å². The van der Waals surface area contributed by atoms with Crippen molar-refractivity contribution in [3.63, 3.8) is 0 Å². The van der Waals surface area contributed by atoms with Gasteiger partial charge in [0, 0.05) is 19.3 Å². The third-order valence-electron chi connectivity index (χ3n) is 5.48. The number of fused-ring (bicyclic) bond motifs is 2. The lowest BCUT2D eigenvalue weighted by atomic mass is 10.1. The molecule has 0 bridgehead atoms. The number of pyridine rings is 1. The van der Waals surface area contributed by atoms with Crippen molar-refractivity contribution in [2.75, 3.05) is 36.4 Å². The highest BCUT2D eigenvalue weighted by Gasteiger charge is 2.25. The molecule has 146 valence electrons. The number of nitrogens with zero attached hydrogens (tertiary/aromatic N) is 3. The maximum absolute atomic E-state index is 12.6. The number of carbonyl (C=O) groups is 1. The zero-order chi connectivity index (χ0) is 19.2. The molecular formula is C23H28N4O. The van der Waals surface area contributed by atoms with E-state index in [1.165, 1.54) is 32.4 Å². The van der Waals surface area contributed by atoms with E-state index >= 15 is 0 Å². The fourth-order valence-corrected chi connectivity index (χ4v) is 4.02. The Morgan fingerprint density at radius 3 is 2.61 bits per heavy atom. The molecule has 1 N–H and O–H groups in total. The summed E-state index contributed by atoms with van der Waals surface area (Å²) >= 11 is 0. The van der Waals surface area contributed by atoms with Crippen LogP contribution < -0.4 is 10.2 Å². The average molecular weight is 377 g/mol. The van der Waals surface area contributed by atoms with Crippen LogP contribution in [0.5, 0.6) is 0 Å². The normalized spacial score (nSPS) is 17.1. The fourth-order valence-electron chi connectivity index (χ4n) is 4.02. The third kappa shape index (κ3) is 4.25. The molecule has 2 aliphatic heterocycles. The summed E-state index contributed by atoms with van der Waals surface area (Å²) in [6.45, 7) is 4.45. The molecule has 4 rings (SSSR count). The van der Waals surface area contributed by atoms with Crippen LogP contribution >= 0.6 is 0 Å². The minimum atomic E-state index is -0.0792. The first kappa shape index (κ1) is 18.7. The number of benzene rings is 1. The van der Waals surface area contributed by atoms with Crippen molar-refractivity contribution in [2.24, 2.45) is 0 Å². The number of para-hydroxylation sites is 1. The Hall–Kier alpha value is -2.66. The standard InChI is InChI=1S/C23H28N4O/c28-23-19-11-4-5-13-21(19)27(22-20(25-23)12-10-14-24-22)18-9-2-1-6-15-26-16-7-3-8-17-26/h1-2,4-5,10-14H,3,6-9,15-18H2,(H,25,28). The molecule has 5 nitrogen and oxygen atoms in total. The van der Waals surface area contributed by atoms with Crippen LogP contribution in [0.2, 0.25) is 0 Å². The Morgan fingerprint density at radius 2 is 1.75 bits per heavy atom. The SMILES string of the molecule is O=C1Nc2cccnc2N(CCC=CCCN2CCCCC2)c2ccccc21. The number of carbonyl (C=O) groups excluding carboxylic acids is 1. The van der Waals surface area contributed by atoms with Gasteiger partial charge in [-0.2, -0.15) is 0 Å². The first-order chi connectivity index (χ1) is 13.8. The number of amides is 1. The van der Waals surface area contributed by atoms with Crippen molar-refractivity contribution in [3.05, 3.63) is 60.3 Å². The number of aromatic nitrogens is 1. The van der Waals surface area contributed by atoms with E-state index in [1.807, 2.05) is 36.4 Å². The summed E-state index contributed by atoms with van der Waals surface area (Å²) in [7, 11) is 0. The van der Waals surface area contributed by atoms with Crippen molar-refractivity contribution in [2.45, 2.75) is 32.1 Å². The van der Waals surface area contributed by atoms with Gasteiger partial charge in [0.15, 0.2) is 5.82 Å². The highest BCUT2D eigenvalue weighted by atomic mass is 16.1. The Bertz CT molecular complexity index is 842. The minimum Gasteiger partial charge on any atom is -0.324 e. The molecular weight excluding hydrogens is 348 g/mol. The second-order valence-electron chi connectivity index (χ2n) is 7.45. The maximum atomic E-state index is 12.6. The largest absolute Gasteiger partial charge is 0.324 e. The van der Waals surface area contributed by atoms with Gasteiger partial charge in [0.1, 0.15) is 0 Å². The number of likely N-dealkylation sites (tertiary alicyclic amines) is 1. The molecule has 0 saturated carbocycles. The summed E-state index contributed by atoms with van der Waals surface area (Å²) in [5.74, 6) is 0.729. The third-order valence-corrected chi connectivity index (χ3v) is 5.48. The number of piperidine rings is 1. The average Bonchev–Trinajstić information content (AvgIpc) is 2.86. The van der Waals surface area contributed by atoms with E-state index in [0.29, 0.717) is 5.56 Å². The Kier molecular flexibility index (Phi) is 6.02. The van der Waals surface area contributed by atoms with Gasteiger partial charge >= 0.3 is 0 Å².